The Morgan fingerprint density at radius 3 is 2.50 bits per heavy atom. The van der Waals surface area contributed by atoms with E-state index in [2.05, 4.69) is 9.80 Å². The van der Waals surface area contributed by atoms with Crippen LogP contribution in [-0.4, -0.2) is 55.6 Å². The van der Waals surface area contributed by atoms with Crippen LogP contribution >= 0.6 is 0 Å². The van der Waals surface area contributed by atoms with Gasteiger partial charge in [-0.1, -0.05) is 12.1 Å². The van der Waals surface area contributed by atoms with E-state index in [1.165, 1.54) is 19.2 Å². The average molecular weight is 280 g/mol. The molecule has 0 atom stereocenters. The molecular weight excluding hydrogens is 259 g/mol. The smallest absolute Gasteiger partial charge is 0.319 e. The molecule has 1 fully saturated rings. The van der Waals surface area contributed by atoms with Crippen molar-refractivity contribution < 1.29 is 13.9 Å². The number of carbonyl (C=O) groups is 1. The number of hydrogen-bond donors (Lipinski definition) is 0. The fourth-order valence-corrected chi connectivity index (χ4v) is 2.44. The summed E-state index contributed by atoms with van der Waals surface area (Å²) in [5.41, 5.74) is 1.12. The zero-order chi connectivity index (χ0) is 14.4. The third-order valence-electron chi connectivity index (χ3n) is 3.58. The molecule has 0 N–H and O–H groups in total. The van der Waals surface area contributed by atoms with Gasteiger partial charge < -0.3 is 4.74 Å². The van der Waals surface area contributed by atoms with E-state index in [1.807, 2.05) is 12.1 Å². The quantitative estimate of drug-likeness (QED) is 0.783. The van der Waals surface area contributed by atoms with Crippen molar-refractivity contribution >= 4 is 5.97 Å². The van der Waals surface area contributed by atoms with Crippen molar-refractivity contribution in [2.75, 3.05) is 39.8 Å². The average Bonchev–Trinajstić information content (AvgIpc) is 2.67. The summed E-state index contributed by atoms with van der Waals surface area (Å²) >= 11 is 0. The molecule has 0 unspecified atom stereocenters. The van der Waals surface area contributed by atoms with Crippen LogP contribution in [0.2, 0.25) is 0 Å². The molecule has 0 aromatic heterocycles. The Hall–Kier alpha value is -1.46. The van der Waals surface area contributed by atoms with Crippen LogP contribution in [0.4, 0.5) is 4.39 Å². The molecule has 1 aromatic carbocycles. The molecule has 1 aliphatic heterocycles. The van der Waals surface area contributed by atoms with Gasteiger partial charge in [-0.3, -0.25) is 14.6 Å². The minimum atomic E-state index is -0.200. The fraction of sp³-hybridized carbons (Fsp3) is 0.533. The van der Waals surface area contributed by atoms with E-state index >= 15 is 0 Å². The second-order valence-electron chi connectivity index (χ2n) is 5.11. The molecule has 0 saturated carbocycles. The molecule has 1 saturated heterocycles. The van der Waals surface area contributed by atoms with Crippen molar-refractivity contribution in [1.82, 2.24) is 9.80 Å². The molecular formula is C15H21FN2O2. The maximum atomic E-state index is 12.9. The molecule has 0 bridgehead atoms. The molecule has 5 heteroatoms. The third kappa shape index (κ3) is 4.58. The van der Waals surface area contributed by atoms with Crippen LogP contribution in [0.1, 0.15) is 12.0 Å². The van der Waals surface area contributed by atoms with E-state index in [0.29, 0.717) is 6.54 Å². The lowest BCUT2D eigenvalue weighted by atomic mass is 10.2. The van der Waals surface area contributed by atoms with E-state index in [4.69, 9.17) is 4.74 Å². The van der Waals surface area contributed by atoms with Gasteiger partial charge in [0.25, 0.3) is 0 Å². The predicted molar refractivity (Wildman–Crippen MR) is 74.8 cm³/mol. The standard InChI is InChI=1S/C15H21FN2O2/c1-20-15(19)12-18-8-2-7-17(9-10-18)11-13-3-5-14(16)6-4-13/h3-6H,2,7-12H2,1H3. The van der Waals surface area contributed by atoms with Crippen molar-refractivity contribution in [2.24, 2.45) is 0 Å². The number of rotatable bonds is 4. The highest BCUT2D eigenvalue weighted by molar-refractivity contribution is 5.71. The monoisotopic (exact) mass is 280 g/mol. The van der Waals surface area contributed by atoms with Gasteiger partial charge in [-0.15, -0.1) is 0 Å². The maximum absolute atomic E-state index is 12.9. The number of benzene rings is 1. The molecule has 0 spiro atoms. The summed E-state index contributed by atoms with van der Waals surface area (Å²) in [5.74, 6) is -0.383. The first-order valence-electron chi connectivity index (χ1n) is 6.93. The van der Waals surface area contributed by atoms with Crippen LogP contribution in [0, 0.1) is 5.82 Å². The Morgan fingerprint density at radius 1 is 1.15 bits per heavy atom. The van der Waals surface area contributed by atoms with Crippen LogP contribution in [0.15, 0.2) is 24.3 Å². The second kappa shape index (κ2) is 7.36. The summed E-state index contributed by atoms with van der Waals surface area (Å²) in [6.07, 6.45) is 1.03. The lowest BCUT2D eigenvalue weighted by molar-refractivity contribution is -0.141. The molecule has 1 aromatic rings. The normalized spacial score (nSPS) is 17.7. The number of nitrogens with zero attached hydrogens (tertiary/aromatic N) is 2. The van der Waals surface area contributed by atoms with E-state index in [0.717, 1.165) is 44.7 Å². The van der Waals surface area contributed by atoms with Crippen LogP contribution in [0.5, 0.6) is 0 Å². The molecule has 20 heavy (non-hydrogen) atoms. The first-order valence-corrected chi connectivity index (χ1v) is 6.93. The molecule has 4 nitrogen and oxygen atoms in total. The zero-order valence-electron chi connectivity index (χ0n) is 11.8. The number of methoxy groups -OCH3 is 1. The summed E-state index contributed by atoms with van der Waals surface area (Å²) in [4.78, 5) is 15.7. The predicted octanol–water partition coefficient (Wildman–Crippen LogP) is 1.51. The van der Waals surface area contributed by atoms with E-state index in [1.54, 1.807) is 0 Å². The van der Waals surface area contributed by atoms with Gasteiger partial charge in [0, 0.05) is 26.2 Å². The number of halogens is 1. The maximum Gasteiger partial charge on any atom is 0.319 e. The highest BCUT2D eigenvalue weighted by Gasteiger charge is 2.17. The fourth-order valence-electron chi connectivity index (χ4n) is 2.44. The highest BCUT2D eigenvalue weighted by Crippen LogP contribution is 2.10. The van der Waals surface area contributed by atoms with Crippen LogP contribution in [0.3, 0.4) is 0 Å². The van der Waals surface area contributed by atoms with Gasteiger partial charge in [0.2, 0.25) is 0 Å². The summed E-state index contributed by atoms with van der Waals surface area (Å²) < 4.78 is 17.6. The zero-order valence-corrected chi connectivity index (χ0v) is 11.8. The van der Waals surface area contributed by atoms with Crippen molar-refractivity contribution in [1.29, 1.82) is 0 Å². The summed E-state index contributed by atoms with van der Waals surface area (Å²) in [6.45, 7) is 4.86. The summed E-state index contributed by atoms with van der Waals surface area (Å²) in [7, 11) is 1.42. The number of esters is 1. The Kier molecular flexibility index (Phi) is 5.49. The van der Waals surface area contributed by atoms with E-state index in [9.17, 15) is 9.18 Å². The summed E-state index contributed by atoms with van der Waals surface area (Å²) in [5, 5.41) is 0. The Morgan fingerprint density at radius 2 is 1.80 bits per heavy atom. The highest BCUT2D eigenvalue weighted by atomic mass is 19.1. The van der Waals surface area contributed by atoms with Gasteiger partial charge in [0.1, 0.15) is 5.82 Å². The van der Waals surface area contributed by atoms with Crippen molar-refractivity contribution in [3.8, 4) is 0 Å². The first-order chi connectivity index (χ1) is 9.67. The van der Waals surface area contributed by atoms with E-state index in [-0.39, 0.29) is 11.8 Å². The largest absolute Gasteiger partial charge is 0.468 e. The van der Waals surface area contributed by atoms with Crippen LogP contribution in [0.25, 0.3) is 0 Å². The van der Waals surface area contributed by atoms with E-state index < -0.39 is 0 Å². The minimum Gasteiger partial charge on any atom is -0.468 e. The van der Waals surface area contributed by atoms with Crippen molar-refractivity contribution in [3.63, 3.8) is 0 Å². The molecule has 1 heterocycles. The Balaban J connectivity index is 1.83. The van der Waals surface area contributed by atoms with Crippen molar-refractivity contribution in [2.45, 2.75) is 13.0 Å². The lowest BCUT2D eigenvalue weighted by Gasteiger charge is -2.21. The van der Waals surface area contributed by atoms with Gasteiger partial charge in [0.15, 0.2) is 0 Å². The molecule has 1 aliphatic rings. The second-order valence-corrected chi connectivity index (χ2v) is 5.11. The van der Waals surface area contributed by atoms with Gasteiger partial charge >= 0.3 is 5.97 Å². The first kappa shape index (κ1) is 14.9. The Labute approximate surface area is 119 Å². The lowest BCUT2D eigenvalue weighted by Crippen LogP contribution is -2.34. The molecule has 0 amide bonds. The molecule has 110 valence electrons. The molecule has 0 radical (unpaired) electrons. The van der Waals surface area contributed by atoms with Crippen LogP contribution in [-0.2, 0) is 16.1 Å². The Bertz CT molecular complexity index is 436. The topological polar surface area (TPSA) is 32.8 Å². The minimum absolute atomic E-state index is 0.183. The number of carbonyl (C=O) groups excluding carboxylic acids is 1. The van der Waals surface area contributed by atoms with Gasteiger partial charge in [0.05, 0.1) is 13.7 Å². The number of hydrogen-bond acceptors (Lipinski definition) is 4. The SMILES string of the molecule is COC(=O)CN1CCCN(Cc2ccc(F)cc2)CC1. The summed E-state index contributed by atoms with van der Waals surface area (Å²) in [6, 6.07) is 6.65. The van der Waals surface area contributed by atoms with Gasteiger partial charge in [-0.2, -0.15) is 0 Å². The van der Waals surface area contributed by atoms with Crippen molar-refractivity contribution in [3.05, 3.63) is 35.6 Å². The molecule has 0 aliphatic carbocycles. The third-order valence-corrected chi connectivity index (χ3v) is 3.58. The van der Waals surface area contributed by atoms with Gasteiger partial charge in [-0.25, -0.2) is 4.39 Å². The van der Waals surface area contributed by atoms with Crippen LogP contribution < -0.4 is 0 Å². The van der Waals surface area contributed by atoms with Gasteiger partial charge in [-0.05, 0) is 30.7 Å². The number of ether oxygens (including phenoxy) is 1. The molecule has 2 rings (SSSR count).